The molecule has 0 amide bonds. The zero-order valence-electron chi connectivity index (χ0n) is 10.7. The number of nitrogens with two attached hydrogens (primary N) is 1. The zero-order valence-corrected chi connectivity index (χ0v) is 12.3. The topological polar surface area (TPSA) is 84.9 Å². The molecule has 0 radical (unpaired) electrons. The van der Waals surface area contributed by atoms with E-state index in [4.69, 9.17) is 17.3 Å². The predicted octanol–water partition coefficient (Wildman–Crippen LogP) is 2.19. The lowest BCUT2D eigenvalue weighted by Gasteiger charge is -2.09. The van der Waals surface area contributed by atoms with Crippen LogP contribution in [0.2, 0.25) is 5.02 Å². The first kappa shape index (κ1) is 13.8. The fourth-order valence-corrected chi connectivity index (χ4v) is 3.33. The second-order valence-electron chi connectivity index (χ2n) is 4.39. The molecule has 0 spiro atoms. The van der Waals surface area contributed by atoms with E-state index in [1.165, 1.54) is 12.1 Å². The number of guanidine groups is 1. The molecule has 0 bridgehead atoms. The molecule has 0 saturated carbocycles. The molecule has 2 aromatic rings. The summed E-state index contributed by atoms with van der Waals surface area (Å²) < 4.78 is 27.9. The number of aliphatic imine (C=N–C) groups is 1. The molecule has 0 aliphatic carbocycles. The van der Waals surface area contributed by atoms with Crippen molar-refractivity contribution in [3.63, 3.8) is 0 Å². The highest BCUT2D eigenvalue weighted by molar-refractivity contribution is 7.90. The van der Waals surface area contributed by atoms with E-state index in [9.17, 15) is 8.42 Å². The second-order valence-corrected chi connectivity index (χ2v) is 6.40. The summed E-state index contributed by atoms with van der Waals surface area (Å²) >= 11 is 5.99. The number of hydrogen-bond acceptors (Lipinski definition) is 4. The normalized spacial score (nSPS) is 16.4. The third-order valence-corrected chi connectivity index (χ3v) is 4.54. The Morgan fingerprint density at radius 3 is 2.48 bits per heavy atom. The Bertz CT molecular complexity index is 874. The van der Waals surface area contributed by atoms with E-state index >= 15 is 0 Å². The molecule has 0 unspecified atom stereocenters. The fourth-order valence-electron chi connectivity index (χ4n) is 2.10. The lowest BCUT2D eigenvalue weighted by atomic mass is 10.0. The van der Waals surface area contributed by atoms with Crippen LogP contribution in [0.15, 0.2) is 62.8 Å². The number of nitrogens with zero attached hydrogens (tertiary/aromatic N) is 2. The summed E-state index contributed by atoms with van der Waals surface area (Å²) in [7, 11) is -3.90. The molecule has 1 heterocycles. The van der Waals surface area contributed by atoms with Gasteiger partial charge in [-0.2, -0.15) is 8.42 Å². The van der Waals surface area contributed by atoms with Gasteiger partial charge >= 0.3 is 0 Å². The van der Waals surface area contributed by atoms with Crippen LogP contribution in [0.4, 0.5) is 0 Å². The molecule has 1 aliphatic rings. The molecule has 0 aromatic heterocycles. The van der Waals surface area contributed by atoms with Gasteiger partial charge in [0.05, 0.1) is 10.6 Å². The van der Waals surface area contributed by atoms with Gasteiger partial charge in [-0.3, -0.25) is 0 Å². The molecule has 0 fully saturated rings. The van der Waals surface area contributed by atoms with E-state index < -0.39 is 10.0 Å². The maximum atomic E-state index is 12.2. The number of rotatable bonds is 1. The van der Waals surface area contributed by atoms with Gasteiger partial charge in [-0.15, -0.1) is 4.40 Å². The number of sulfonamides is 1. The first-order valence-corrected chi connectivity index (χ1v) is 7.84. The molecular formula is C14H10ClN3O2S. The minimum Gasteiger partial charge on any atom is -0.367 e. The van der Waals surface area contributed by atoms with E-state index in [1.807, 2.05) is 30.3 Å². The van der Waals surface area contributed by atoms with Crippen LogP contribution in [0.1, 0.15) is 11.1 Å². The van der Waals surface area contributed by atoms with Gasteiger partial charge < -0.3 is 5.73 Å². The number of benzene rings is 2. The SMILES string of the molecule is NC1=NS(=O)(=O)c2ccc(Cl)cc2C(c2ccccc2)=N1. The molecule has 2 aromatic carbocycles. The summed E-state index contributed by atoms with van der Waals surface area (Å²) in [5.41, 5.74) is 7.15. The van der Waals surface area contributed by atoms with Gasteiger partial charge in [0.1, 0.15) is 0 Å². The van der Waals surface area contributed by atoms with Gasteiger partial charge in [0.2, 0.25) is 5.96 Å². The Kier molecular flexibility index (Phi) is 3.27. The predicted molar refractivity (Wildman–Crippen MR) is 82.3 cm³/mol. The third-order valence-electron chi connectivity index (χ3n) is 2.96. The molecular weight excluding hydrogens is 310 g/mol. The van der Waals surface area contributed by atoms with Crippen LogP contribution in [-0.2, 0) is 10.0 Å². The number of halogens is 1. The van der Waals surface area contributed by atoms with E-state index in [0.29, 0.717) is 16.3 Å². The Labute approximate surface area is 126 Å². The van der Waals surface area contributed by atoms with Crippen molar-refractivity contribution >= 4 is 33.3 Å². The standard InChI is InChI=1S/C14H10ClN3O2S/c15-10-6-7-12-11(8-10)13(9-4-2-1-3-5-9)17-14(16)18-21(12,19)20/h1-8H,(H2,16,18). The van der Waals surface area contributed by atoms with E-state index in [0.717, 1.165) is 5.56 Å². The van der Waals surface area contributed by atoms with Crippen molar-refractivity contribution in [2.75, 3.05) is 0 Å². The van der Waals surface area contributed by atoms with Gasteiger partial charge in [-0.05, 0) is 18.2 Å². The highest BCUT2D eigenvalue weighted by atomic mass is 35.5. The average molecular weight is 320 g/mol. The number of fused-ring (bicyclic) bond motifs is 1. The molecule has 0 saturated heterocycles. The molecule has 1 aliphatic heterocycles. The molecule has 21 heavy (non-hydrogen) atoms. The molecule has 0 atom stereocenters. The van der Waals surface area contributed by atoms with E-state index in [1.54, 1.807) is 6.07 Å². The lowest BCUT2D eigenvalue weighted by molar-refractivity contribution is 0.598. The van der Waals surface area contributed by atoms with Crippen molar-refractivity contribution in [3.05, 3.63) is 64.7 Å². The van der Waals surface area contributed by atoms with E-state index in [2.05, 4.69) is 9.39 Å². The van der Waals surface area contributed by atoms with Crippen LogP contribution in [0.5, 0.6) is 0 Å². The van der Waals surface area contributed by atoms with Crippen LogP contribution >= 0.6 is 11.6 Å². The van der Waals surface area contributed by atoms with Crippen LogP contribution in [0.3, 0.4) is 0 Å². The molecule has 5 nitrogen and oxygen atoms in total. The zero-order chi connectivity index (χ0) is 15.0. The van der Waals surface area contributed by atoms with Crippen LogP contribution < -0.4 is 5.73 Å². The van der Waals surface area contributed by atoms with Crippen LogP contribution in [0, 0.1) is 0 Å². The highest BCUT2D eigenvalue weighted by Gasteiger charge is 2.25. The van der Waals surface area contributed by atoms with Crippen LogP contribution in [0.25, 0.3) is 0 Å². The van der Waals surface area contributed by atoms with Gasteiger partial charge in [0.25, 0.3) is 10.0 Å². The quantitative estimate of drug-likeness (QED) is 0.874. The van der Waals surface area contributed by atoms with Gasteiger partial charge in [0.15, 0.2) is 0 Å². The van der Waals surface area contributed by atoms with Gasteiger partial charge in [0, 0.05) is 16.1 Å². The van der Waals surface area contributed by atoms with Crippen molar-refractivity contribution < 1.29 is 8.42 Å². The minimum atomic E-state index is -3.90. The maximum absolute atomic E-state index is 12.2. The maximum Gasteiger partial charge on any atom is 0.286 e. The van der Waals surface area contributed by atoms with Crippen LogP contribution in [-0.4, -0.2) is 20.1 Å². The summed E-state index contributed by atoms with van der Waals surface area (Å²) in [6, 6.07) is 13.6. The summed E-state index contributed by atoms with van der Waals surface area (Å²) in [6.07, 6.45) is 0. The second kappa shape index (κ2) is 4.98. The first-order chi connectivity index (χ1) is 9.97. The third kappa shape index (κ3) is 2.55. The Morgan fingerprint density at radius 2 is 1.76 bits per heavy atom. The molecule has 7 heteroatoms. The molecule has 106 valence electrons. The number of hydrogen-bond donors (Lipinski definition) is 1. The van der Waals surface area contributed by atoms with Crippen molar-refractivity contribution in [1.82, 2.24) is 0 Å². The molecule has 3 rings (SSSR count). The van der Waals surface area contributed by atoms with Crippen molar-refractivity contribution in [1.29, 1.82) is 0 Å². The highest BCUT2D eigenvalue weighted by Crippen LogP contribution is 2.27. The van der Waals surface area contributed by atoms with Gasteiger partial charge in [-0.1, -0.05) is 41.9 Å². The summed E-state index contributed by atoms with van der Waals surface area (Å²) in [5.74, 6) is -0.304. The summed E-state index contributed by atoms with van der Waals surface area (Å²) in [4.78, 5) is 4.17. The Morgan fingerprint density at radius 1 is 1.05 bits per heavy atom. The summed E-state index contributed by atoms with van der Waals surface area (Å²) in [5, 5.41) is 0.410. The van der Waals surface area contributed by atoms with Gasteiger partial charge in [-0.25, -0.2) is 4.99 Å². The smallest absolute Gasteiger partial charge is 0.286 e. The lowest BCUT2D eigenvalue weighted by Crippen LogP contribution is -2.12. The average Bonchev–Trinajstić information content (AvgIpc) is 2.53. The minimum absolute atomic E-state index is 0.0370. The van der Waals surface area contributed by atoms with Crippen molar-refractivity contribution in [3.8, 4) is 0 Å². The Balaban J connectivity index is 2.36. The fraction of sp³-hybridized carbons (Fsp3) is 0. The monoisotopic (exact) mass is 319 g/mol. The summed E-state index contributed by atoms with van der Waals surface area (Å²) in [6.45, 7) is 0. The van der Waals surface area contributed by atoms with E-state index in [-0.39, 0.29) is 10.9 Å². The Hall–Kier alpha value is -2.18. The molecule has 2 N–H and O–H groups in total. The first-order valence-electron chi connectivity index (χ1n) is 6.02. The van der Waals surface area contributed by atoms with Crippen molar-refractivity contribution in [2.45, 2.75) is 4.90 Å². The largest absolute Gasteiger partial charge is 0.367 e. The van der Waals surface area contributed by atoms with Crippen molar-refractivity contribution in [2.24, 2.45) is 15.1 Å².